The summed E-state index contributed by atoms with van der Waals surface area (Å²) in [5.41, 5.74) is 0.370. The fourth-order valence-corrected chi connectivity index (χ4v) is 6.28. The number of nitrogens with zero attached hydrogens (tertiary/aromatic N) is 3. The van der Waals surface area contributed by atoms with Gasteiger partial charge in [-0.05, 0) is 62.7 Å². The van der Waals surface area contributed by atoms with E-state index in [1.165, 1.54) is 36.3 Å². The van der Waals surface area contributed by atoms with Crippen LogP contribution in [0.25, 0.3) is 0 Å². The van der Waals surface area contributed by atoms with E-state index in [4.69, 9.17) is 9.72 Å². The van der Waals surface area contributed by atoms with Crippen LogP contribution in [0.3, 0.4) is 0 Å². The first-order chi connectivity index (χ1) is 21.6. The van der Waals surface area contributed by atoms with E-state index in [0.717, 1.165) is 37.2 Å². The highest BCUT2D eigenvalue weighted by Gasteiger charge is 2.50. The largest absolute Gasteiger partial charge is 0.497 e. The summed E-state index contributed by atoms with van der Waals surface area (Å²) in [7, 11) is 1.27. The second-order valence-electron chi connectivity index (χ2n) is 11.1. The monoisotopic (exact) mass is 630 g/mol. The third kappa shape index (κ3) is 6.89. The van der Waals surface area contributed by atoms with Gasteiger partial charge in [-0.15, -0.1) is 0 Å². The number of halogens is 4. The molecule has 1 aromatic heterocycles. The van der Waals surface area contributed by atoms with Crippen molar-refractivity contribution >= 4 is 17.6 Å². The summed E-state index contributed by atoms with van der Waals surface area (Å²) < 4.78 is 65.5. The molecule has 45 heavy (non-hydrogen) atoms. The van der Waals surface area contributed by atoms with Crippen molar-refractivity contribution in [2.45, 2.75) is 50.3 Å². The highest BCUT2D eigenvalue weighted by Crippen LogP contribution is 2.41. The molecule has 2 N–H and O–H groups in total. The minimum atomic E-state index is -3.05. The van der Waals surface area contributed by atoms with E-state index in [0.29, 0.717) is 13.1 Å². The number of anilines is 1. The van der Waals surface area contributed by atoms with Gasteiger partial charge in [0.05, 0.1) is 13.7 Å². The summed E-state index contributed by atoms with van der Waals surface area (Å²) in [6, 6.07) is 9.88. The van der Waals surface area contributed by atoms with Gasteiger partial charge in [0.25, 0.3) is 11.8 Å². The predicted octanol–water partition coefficient (Wildman–Crippen LogP) is 4.46. The fourth-order valence-electron chi connectivity index (χ4n) is 6.28. The number of pyridine rings is 1. The van der Waals surface area contributed by atoms with E-state index in [9.17, 15) is 23.5 Å². The van der Waals surface area contributed by atoms with E-state index in [1.807, 2.05) is 6.07 Å². The van der Waals surface area contributed by atoms with Crippen molar-refractivity contribution < 1.29 is 41.7 Å². The normalized spacial score (nSPS) is 22.1. The topological polar surface area (TPSA) is 104 Å². The Balaban J connectivity index is 1.49. The van der Waals surface area contributed by atoms with Crippen molar-refractivity contribution in [1.29, 1.82) is 0 Å². The Morgan fingerprint density at radius 3 is 2.47 bits per heavy atom. The van der Waals surface area contributed by atoms with Crippen LogP contribution < -0.4 is 19.7 Å². The second-order valence-corrected chi connectivity index (χ2v) is 11.1. The van der Waals surface area contributed by atoms with Crippen molar-refractivity contribution in [1.82, 2.24) is 15.2 Å². The standard InChI is InChI=1S/C32H34F4N4O5/c1-18-27(28-23(33)15-22(44-2)16-24(28)34)29(38-30(42)19-8-10-21(11-9-19)45-32(35)36)31(43)40(18)26-7-3-6-25(37-26)20-5-4-12-39(17-20)13-14-41/h3,6-11,15-16,18,20,27,29,32,41H,4-5,12-14,17H2,1-2H3,(H,38,42)/t18-,20?,27-,29-/m0/s1. The zero-order valence-corrected chi connectivity index (χ0v) is 24.8. The first-order valence-electron chi connectivity index (χ1n) is 14.6. The smallest absolute Gasteiger partial charge is 0.387 e. The van der Waals surface area contributed by atoms with E-state index in [2.05, 4.69) is 15.0 Å². The molecule has 2 aromatic carbocycles. The number of hydrogen-bond acceptors (Lipinski definition) is 7. The number of carbonyl (C=O) groups excluding carboxylic acids is 2. The number of rotatable bonds is 10. The Morgan fingerprint density at radius 1 is 1.11 bits per heavy atom. The molecule has 2 fully saturated rings. The molecular weight excluding hydrogens is 596 g/mol. The number of nitrogens with one attached hydrogen (secondary N) is 1. The van der Waals surface area contributed by atoms with E-state index in [-0.39, 0.29) is 35.4 Å². The average molecular weight is 631 g/mol. The maximum atomic E-state index is 15.5. The average Bonchev–Trinajstić information content (AvgIpc) is 3.25. The first kappa shape index (κ1) is 32.2. The van der Waals surface area contributed by atoms with Gasteiger partial charge in [0, 0.05) is 59.9 Å². The zero-order chi connectivity index (χ0) is 32.2. The molecule has 0 aliphatic carbocycles. The lowest BCUT2D eigenvalue weighted by Crippen LogP contribution is -2.44. The molecule has 2 aliphatic heterocycles. The molecule has 9 nitrogen and oxygen atoms in total. The zero-order valence-electron chi connectivity index (χ0n) is 24.8. The number of methoxy groups -OCH3 is 1. The lowest BCUT2D eigenvalue weighted by Gasteiger charge is -2.32. The van der Waals surface area contributed by atoms with Crippen molar-refractivity contribution in [3.8, 4) is 11.5 Å². The summed E-state index contributed by atoms with van der Waals surface area (Å²) in [6.07, 6.45) is 1.78. The SMILES string of the molecule is COc1cc(F)c([C@H]2[C@H](NC(=O)c3ccc(OC(F)F)cc3)C(=O)N(c3cccc(C4CCCN(CCO)C4)n3)[C@H]2C)c(F)c1. The number of β-amino-alcohol motifs (C(OH)–C–C–N with tert-alkyl or cyclic N) is 1. The predicted molar refractivity (Wildman–Crippen MR) is 157 cm³/mol. The van der Waals surface area contributed by atoms with Gasteiger partial charge in [-0.25, -0.2) is 13.8 Å². The van der Waals surface area contributed by atoms with Gasteiger partial charge < -0.3 is 24.8 Å². The number of alkyl halides is 2. The molecule has 240 valence electrons. The molecular formula is C32H34F4N4O5. The van der Waals surface area contributed by atoms with Gasteiger partial charge >= 0.3 is 6.61 Å². The molecule has 4 atom stereocenters. The maximum Gasteiger partial charge on any atom is 0.387 e. The summed E-state index contributed by atoms with van der Waals surface area (Å²) in [5, 5.41) is 12.0. The molecule has 2 aliphatic rings. The van der Waals surface area contributed by atoms with E-state index >= 15 is 8.78 Å². The molecule has 3 aromatic rings. The van der Waals surface area contributed by atoms with Crippen LogP contribution in [-0.2, 0) is 4.79 Å². The van der Waals surface area contributed by atoms with Crippen LogP contribution in [-0.4, -0.2) is 78.9 Å². The Kier molecular flexibility index (Phi) is 9.88. The second kappa shape index (κ2) is 13.8. The Hall–Kier alpha value is -4.23. The van der Waals surface area contributed by atoms with Gasteiger partial charge in [0.1, 0.15) is 35.0 Å². The number of piperidine rings is 1. The number of aliphatic hydroxyl groups excluding tert-OH is 1. The van der Waals surface area contributed by atoms with E-state index < -0.39 is 53.6 Å². The van der Waals surface area contributed by atoms with Crippen LogP contribution in [0.1, 0.15) is 53.2 Å². The molecule has 1 unspecified atom stereocenters. The minimum absolute atomic E-state index is 0.0230. The van der Waals surface area contributed by atoms with Crippen molar-refractivity contribution in [2.24, 2.45) is 0 Å². The number of benzene rings is 2. The highest BCUT2D eigenvalue weighted by atomic mass is 19.3. The van der Waals surface area contributed by atoms with Gasteiger partial charge in [-0.1, -0.05) is 6.07 Å². The number of amides is 2. The molecule has 2 saturated heterocycles. The van der Waals surface area contributed by atoms with Gasteiger partial charge in [-0.2, -0.15) is 8.78 Å². The molecule has 13 heteroatoms. The van der Waals surface area contributed by atoms with Gasteiger partial charge in [0.15, 0.2) is 0 Å². The molecule has 0 spiro atoms. The van der Waals surface area contributed by atoms with E-state index in [1.54, 1.807) is 19.1 Å². The number of carbonyl (C=O) groups is 2. The van der Waals surface area contributed by atoms with Crippen molar-refractivity contribution in [2.75, 3.05) is 38.3 Å². The summed E-state index contributed by atoms with van der Waals surface area (Å²) in [5.74, 6) is -4.33. The van der Waals surface area contributed by atoms with Crippen molar-refractivity contribution in [3.63, 3.8) is 0 Å². The summed E-state index contributed by atoms with van der Waals surface area (Å²) >= 11 is 0. The third-order valence-corrected chi connectivity index (χ3v) is 8.38. The van der Waals surface area contributed by atoms with Crippen LogP contribution in [0.2, 0.25) is 0 Å². The quantitative estimate of drug-likeness (QED) is 0.319. The number of aliphatic hydroxyl groups is 1. The van der Waals surface area contributed by atoms with Crippen LogP contribution in [0.15, 0.2) is 54.6 Å². The van der Waals surface area contributed by atoms with Crippen LogP contribution in [0.5, 0.6) is 11.5 Å². The van der Waals surface area contributed by atoms with Gasteiger partial charge in [-0.3, -0.25) is 14.5 Å². The molecule has 2 amide bonds. The Bertz CT molecular complexity index is 1500. The highest BCUT2D eigenvalue weighted by molar-refractivity contribution is 6.05. The lowest BCUT2D eigenvalue weighted by atomic mass is 9.87. The molecule has 5 rings (SSSR count). The van der Waals surface area contributed by atoms with Crippen molar-refractivity contribution in [3.05, 3.63) is 83.1 Å². The Labute approximate surface area is 257 Å². The molecule has 0 radical (unpaired) electrons. The molecule has 3 heterocycles. The summed E-state index contributed by atoms with van der Waals surface area (Å²) in [4.78, 5) is 35.7. The fraction of sp³-hybridized carbons (Fsp3) is 0.406. The molecule has 0 bridgehead atoms. The summed E-state index contributed by atoms with van der Waals surface area (Å²) in [6.45, 7) is 0.718. The number of aromatic nitrogens is 1. The number of ether oxygens (including phenoxy) is 2. The van der Waals surface area contributed by atoms with Gasteiger partial charge in [0.2, 0.25) is 0 Å². The number of hydrogen-bond donors (Lipinski definition) is 2. The van der Waals surface area contributed by atoms with Crippen LogP contribution >= 0.6 is 0 Å². The minimum Gasteiger partial charge on any atom is -0.497 e. The van der Waals surface area contributed by atoms with Crippen LogP contribution in [0, 0.1) is 11.6 Å². The number of likely N-dealkylation sites (tertiary alicyclic amines) is 1. The first-order valence-corrected chi connectivity index (χ1v) is 14.6. The Morgan fingerprint density at radius 2 is 1.82 bits per heavy atom. The lowest BCUT2D eigenvalue weighted by molar-refractivity contribution is -0.118. The third-order valence-electron chi connectivity index (χ3n) is 8.38. The maximum absolute atomic E-state index is 15.5. The molecule has 0 saturated carbocycles. The van der Waals surface area contributed by atoms with Crippen LogP contribution in [0.4, 0.5) is 23.4 Å².